The summed E-state index contributed by atoms with van der Waals surface area (Å²) in [5.41, 5.74) is 1.04. The van der Waals surface area contributed by atoms with Crippen molar-refractivity contribution in [1.29, 1.82) is 0 Å². The van der Waals surface area contributed by atoms with Crippen LogP contribution >= 0.6 is 11.8 Å². The molecule has 1 saturated heterocycles. The van der Waals surface area contributed by atoms with Crippen LogP contribution in [0.4, 0.5) is 0 Å². The number of likely N-dealkylation sites (N-methyl/N-ethyl adjacent to an activating group) is 1. The van der Waals surface area contributed by atoms with E-state index in [2.05, 4.69) is 11.9 Å². The second-order valence-corrected chi connectivity index (χ2v) is 5.43. The van der Waals surface area contributed by atoms with E-state index in [9.17, 15) is 4.79 Å². The predicted molar refractivity (Wildman–Crippen MR) is 70.8 cm³/mol. The number of nitrogens with one attached hydrogen (secondary N) is 1. The normalized spacial score (nSPS) is 15.6. The Kier molecular flexibility index (Phi) is 5.91. The molecule has 0 saturated carbocycles. The third-order valence-corrected chi connectivity index (χ3v) is 3.80. The number of nitrogens with zero attached hydrogens (tertiary/aromatic N) is 1. The van der Waals surface area contributed by atoms with Gasteiger partial charge in [-0.05, 0) is 38.6 Å². The molecule has 1 rings (SSSR count). The summed E-state index contributed by atoms with van der Waals surface area (Å²) in [4.78, 5) is 13.7. The first-order valence-electron chi connectivity index (χ1n) is 5.84. The van der Waals surface area contributed by atoms with Gasteiger partial charge in [0.2, 0.25) is 5.91 Å². The van der Waals surface area contributed by atoms with Gasteiger partial charge in [0, 0.05) is 13.1 Å². The molecule has 1 aliphatic heterocycles. The van der Waals surface area contributed by atoms with Gasteiger partial charge >= 0.3 is 0 Å². The molecule has 0 aromatic rings. The van der Waals surface area contributed by atoms with E-state index in [0.29, 0.717) is 12.3 Å². The summed E-state index contributed by atoms with van der Waals surface area (Å²) < 4.78 is 0. The molecular weight excluding hydrogens is 220 g/mol. The molecule has 0 aromatic carbocycles. The maximum absolute atomic E-state index is 11.8. The van der Waals surface area contributed by atoms with Crippen LogP contribution in [-0.4, -0.2) is 48.5 Å². The van der Waals surface area contributed by atoms with Crippen molar-refractivity contribution in [3.05, 3.63) is 12.2 Å². The van der Waals surface area contributed by atoms with Gasteiger partial charge in [-0.15, -0.1) is 0 Å². The van der Waals surface area contributed by atoms with Gasteiger partial charge < -0.3 is 10.2 Å². The molecule has 92 valence electrons. The maximum Gasteiger partial charge on any atom is 0.232 e. The number of amides is 1. The van der Waals surface area contributed by atoms with E-state index in [0.717, 1.165) is 36.9 Å². The number of hydrogen-bond donors (Lipinski definition) is 1. The average Bonchev–Trinajstić information content (AvgIpc) is 2.17. The second-order valence-electron chi connectivity index (χ2n) is 4.40. The minimum atomic E-state index is 0.239. The fourth-order valence-electron chi connectivity index (χ4n) is 1.57. The molecule has 1 amide bonds. The third-order valence-electron chi connectivity index (χ3n) is 2.64. The van der Waals surface area contributed by atoms with Crippen LogP contribution in [0.1, 0.15) is 13.8 Å². The zero-order chi connectivity index (χ0) is 12.0. The van der Waals surface area contributed by atoms with Crippen LogP contribution < -0.4 is 5.32 Å². The Bertz CT molecular complexity index is 251. The summed E-state index contributed by atoms with van der Waals surface area (Å²) in [7, 11) is 0. The molecule has 4 heteroatoms. The van der Waals surface area contributed by atoms with Crippen molar-refractivity contribution < 1.29 is 4.79 Å². The number of carbonyl (C=O) groups is 1. The van der Waals surface area contributed by atoms with Gasteiger partial charge in [0.05, 0.1) is 5.75 Å². The van der Waals surface area contributed by atoms with Gasteiger partial charge in [0.15, 0.2) is 0 Å². The van der Waals surface area contributed by atoms with E-state index in [-0.39, 0.29) is 5.91 Å². The zero-order valence-electron chi connectivity index (χ0n) is 10.3. The summed E-state index contributed by atoms with van der Waals surface area (Å²) in [6.07, 6.45) is 0. The molecular formula is C12H22N2OS. The molecule has 0 radical (unpaired) electrons. The lowest BCUT2D eigenvalue weighted by Gasteiger charge is -2.27. The highest BCUT2D eigenvalue weighted by Gasteiger charge is 2.18. The number of thioether (sulfide) groups is 1. The van der Waals surface area contributed by atoms with Crippen LogP contribution in [0.2, 0.25) is 0 Å². The highest BCUT2D eigenvalue weighted by molar-refractivity contribution is 7.99. The van der Waals surface area contributed by atoms with Crippen molar-refractivity contribution in [1.82, 2.24) is 10.2 Å². The van der Waals surface area contributed by atoms with E-state index in [1.54, 1.807) is 11.8 Å². The lowest BCUT2D eigenvalue weighted by Crippen LogP contribution is -2.43. The lowest BCUT2D eigenvalue weighted by atomic mass is 10.1. The molecule has 0 aliphatic carbocycles. The van der Waals surface area contributed by atoms with E-state index >= 15 is 0 Å². The van der Waals surface area contributed by atoms with E-state index < -0.39 is 0 Å². The molecule has 1 aliphatic rings. The Morgan fingerprint density at radius 3 is 2.69 bits per heavy atom. The van der Waals surface area contributed by atoms with Crippen LogP contribution in [0.3, 0.4) is 0 Å². The largest absolute Gasteiger partial charge is 0.338 e. The standard InChI is InChI=1S/C12H22N2OS/c1-4-14(7-10(2)3)12(15)9-16-8-11-5-13-6-11/h11,13H,2,4-9H2,1,3H3. The fourth-order valence-corrected chi connectivity index (χ4v) is 2.62. The van der Waals surface area contributed by atoms with Gasteiger partial charge in [-0.2, -0.15) is 11.8 Å². The molecule has 1 fully saturated rings. The molecule has 3 nitrogen and oxygen atoms in total. The maximum atomic E-state index is 11.8. The monoisotopic (exact) mass is 242 g/mol. The topological polar surface area (TPSA) is 32.3 Å². The van der Waals surface area contributed by atoms with Crippen molar-refractivity contribution in [3.8, 4) is 0 Å². The van der Waals surface area contributed by atoms with Crippen LogP contribution in [-0.2, 0) is 4.79 Å². The first-order chi connectivity index (χ1) is 7.63. The summed E-state index contributed by atoms with van der Waals surface area (Å²) in [6.45, 7) is 11.5. The molecule has 0 unspecified atom stereocenters. The number of carbonyl (C=O) groups excluding carboxylic acids is 1. The molecule has 1 N–H and O–H groups in total. The van der Waals surface area contributed by atoms with Crippen LogP contribution in [0.15, 0.2) is 12.2 Å². The van der Waals surface area contributed by atoms with Crippen molar-refractivity contribution in [2.24, 2.45) is 5.92 Å². The smallest absolute Gasteiger partial charge is 0.232 e. The van der Waals surface area contributed by atoms with Gasteiger partial charge in [0.1, 0.15) is 0 Å². The van der Waals surface area contributed by atoms with Crippen LogP contribution in [0.25, 0.3) is 0 Å². The van der Waals surface area contributed by atoms with Crippen molar-refractivity contribution >= 4 is 17.7 Å². The number of rotatable bonds is 7. The van der Waals surface area contributed by atoms with Crippen LogP contribution in [0, 0.1) is 5.92 Å². The third kappa shape index (κ3) is 4.58. The van der Waals surface area contributed by atoms with Gasteiger partial charge in [-0.1, -0.05) is 12.2 Å². The van der Waals surface area contributed by atoms with E-state index in [1.165, 1.54) is 0 Å². The SMILES string of the molecule is C=C(C)CN(CC)C(=O)CSCC1CNC1. The van der Waals surface area contributed by atoms with Gasteiger partial charge in [-0.25, -0.2) is 0 Å². The van der Waals surface area contributed by atoms with E-state index in [1.807, 2.05) is 18.7 Å². The molecule has 16 heavy (non-hydrogen) atoms. The predicted octanol–water partition coefficient (Wildman–Crippen LogP) is 1.36. The van der Waals surface area contributed by atoms with Crippen molar-refractivity contribution in [2.75, 3.05) is 37.7 Å². The Morgan fingerprint density at radius 1 is 1.56 bits per heavy atom. The van der Waals surface area contributed by atoms with Gasteiger partial charge in [0.25, 0.3) is 0 Å². The zero-order valence-corrected chi connectivity index (χ0v) is 11.1. The van der Waals surface area contributed by atoms with Crippen LogP contribution in [0.5, 0.6) is 0 Å². The Balaban J connectivity index is 2.17. The van der Waals surface area contributed by atoms with E-state index in [4.69, 9.17) is 0 Å². The molecule has 0 spiro atoms. The quantitative estimate of drug-likeness (QED) is 0.684. The summed E-state index contributed by atoms with van der Waals surface area (Å²) in [5.74, 6) is 2.72. The fraction of sp³-hybridized carbons (Fsp3) is 0.750. The van der Waals surface area contributed by atoms with Crippen molar-refractivity contribution in [3.63, 3.8) is 0 Å². The average molecular weight is 242 g/mol. The summed E-state index contributed by atoms with van der Waals surface area (Å²) in [5, 5.41) is 3.24. The summed E-state index contributed by atoms with van der Waals surface area (Å²) in [6, 6.07) is 0. The Morgan fingerprint density at radius 2 is 2.25 bits per heavy atom. The number of hydrogen-bond acceptors (Lipinski definition) is 3. The first-order valence-corrected chi connectivity index (χ1v) is 6.99. The Labute approximate surface area is 103 Å². The first kappa shape index (κ1) is 13.6. The molecule has 1 heterocycles. The highest BCUT2D eigenvalue weighted by Crippen LogP contribution is 2.13. The second kappa shape index (κ2) is 6.97. The minimum Gasteiger partial charge on any atom is -0.338 e. The minimum absolute atomic E-state index is 0.239. The van der Waals surface area contributed by atoms with Crippen molar-refractivity contribution in [2.45, 2.75) is 13.8 Å². The highest BCUT2D eigenvalue weighted by atomic mass is 32.2. The molecule has 0 aromatic heterocycles. The Hall–Kier alpha value is -0.480. The molecule has 0 atom stereocenters. The molecule has 0 bridgehead atoms. The van der Waals surface area contributed by atoms with Gasteiger partial charge in [-0.3, -0.25) is 4.79 Å². The lowest BCUT2D eigenvalue weighted by molar-refractivity contribution is -0.127. The summed E-state index contributed by atoms with van der Waals surface area (Å²) >= 11 is 1.76.